The topological polar surface area (TPSA) is 43.3 Å². The van der Waals surface area contributed by atoms with Crippen LogP contribution >= 0.6 is 34.5 Å². The Labute approximate surface area is 124 Å². The molecule has 6 heteroatoms. The number of hydrogen-bond donors (Lipinski definition) is 1. The number of nitrogens with zero attached hydrogens (tertiary/aromatic N) is 2. The van der Waals surface area contributed by atoms with Gasteiger partial charge in [0, 0.05) is 40.3 Å². The van der Waals surface area contributed by atoms with E-state index < -0.39 is 0 Å². The zero-order valence-corrected chi connectivity index (χ0v) is 12.2. The molecule has 2 heterocycles. The Bertz CT molecular complexity index is 671. The van der Waals surface area contributed by atoms with Crippen molar-refractivity contribution in [1.29, 1.82) is 0 Å². The number of imidazole rings is 1. The van der Waals surface area contributed by atoms with E-state index in [0.29, 0.717) is 16.5 Å². The molecule has 0 amide bonds. The van der Waals surface area contributed by atoms with Crippen LogP contribution in [0.3, 0.4) is 0 Å². The zero-order chi connectivity index (χ0) is 13.4. The predicted molar refractivity (Wildman–Crippen MR) is 80.2 cm³/mol. The SMILES string of the molecule is NC(Cc1cn2ccsc2n1)c1cc(Cl)cc(Cl)c1. The number of hydrogen-bond acceptors (Lipinski definition) is 3. The number of nitrogens with two attached hydrogens (primary N) is 1. The van der Waals surface area contributed by atoms with E-state index in [1.807, 2.05) is 34.3 Å². The van der Waals surface area contributed by atoms with Crippen LogP contribution in [0, 0.1) is 0 Å². The molecule has 2 N–H and O–H groups in total. The van der Waals surface area contributed by atoms with Gasteiger partial charge in [0.2, 0.25) is 0 Å². The molecule has 0 aliphatic rings. The number of aromatic nitrogens is 2. The normalized spacial score (nSPS) is 13.0. The van der Waals surface area contributed by atoms with Crippen molar-refractivity contribution < 1.29 is 0 Å². The van der Waals surface area contributed by atoms with E-state index >= 15 is 0 Å². The summed E-state index contributed by atoms with van der Waals surface area (Å²) < 4.78 is 2.00. The Morgan fingerprint density at radius 3 is 2.68 bits per heavy atom. The molecule has 3 rings (SSSR count). The summed E-state index contributed by atoms with van der Waals surface area (Å²) in [6.45, 7) is 0. The van der Waals surface area contributed by atoms with Gasteiger partial charge in [-0.2, -0.15) is 0 Å². The highest BCUT2D eigenvalue weighted by Gasteiger charge is 2.12. The second kappa shape index (κ2) is 5.13. The summed E-state index contributed by atoms with van der Waals surface area (Å²) in [6.07, 6.45) is 4.64. The Hall–Kier alpha value is -1.07. The standard InChI is InChI=1S/C13H11Cl2N3S/c14-9-3-8(4-10(15)5-9)12(16)6-11-7-18-1-2-19-13(18)17-11/h1-5,7,12H,6,16H2. The molecule has 0 saturated carbocycles. The second-order valence-corrected chi connectivity index (χ2v) is 6.08. The van der Waals surface area contributed by atoms with E-state index in [9.17, 15) is 0 Å². The van der Waals surface area contributed by atoms with Crippen molar-refractivity contribution in [3.8, 4) is 0 Å². The fourth-order valence-electron chi connectivity index (χ4n) is 2.01. The second-order valence-electron chi connectivity index (χ2n) is 4.34. The lowest BCUT2D eigenvalue weighted by molar-refractivity contribution is 0.710. The fourth-order valence-corrected chi connectivity index (χ4v) is 3.27. The molecule has 1 unspecified atom stereocenters. The van der Waals surface area contributed by atoms with E-state index in [1.54, 1.807) is 17.4 Å². The third kappa shape index (κ3) is 2.77. The van der Waals surface area contributed by atoms with Crippen molar-refractivity contribution >= 4 is 39.5 Å². The molecular weight excluding hydrogens is 301 g/mol. The summed E-state index contributed by atoms with van der Waals surface area (Å²) in [5.41, 5.74) is 8.09. The van der Waals surface area contributed by atoms with Crippen LogP contribution in [0.15, 0.2) is 36.0 Å². The van der Waals surface area contributed by atoms with E-state index in [4.69, 9.17) is 28.9 Å². The van der Waals surface area contributed by atoms with Crippen molar-refractivity contribution in [3.05, 3.63) is 57.3 Å². The lowest BCUT2D eigenvalue weighted by Gasteiger charge is -2.11. The van der Waals surface area contributed by atoms with Crippen LogP contribution in [0.1, 0.15) is 17.3 Å². The first kappa shape index (κ1) is 12.9. The predicted octanol–water partition coefficient (Wildman–Crippen LogP) is 3.95. The van der Waals surface area contributed by atoms with Gasteiger partial charge in [-0.15, -0.1) is 11.3 Å². The lowest BCUT2D eigenvalue weighted by Crippen LogP contribution is -2.13. The monoisotopic (exact) mass is 311 g/mol. The van der Waals surface area contributed by atoms with Crippen molar-refractivity contribution in [2.45, 2.75) is 12.5 Å². The van der Waals surface area contributed by atoms with E-state index in [-0.39, 0.29) is 6.04 Å². The van der Waals surface area contributed by atoms with Gasteiger partial charge in [0.15, 0.2) is 4.96 Å². The molecule has 0 radical (unpaired) electrons. The smallest absolute Gasteiger partial charge is 0.193 e. The number of benzene rings is 1. The van der Waals surface area contributed by atoms with E-state index in [0.717, 1.165) is 16.2 Å². The van der Waals surface area contributed by atoms with Gasteiger partial charge in [0.1, 0.15) is 0 Å². The first-order valence-electron chi connectivity index (χ1n) is 5.74. The zero-order valence-electron chi connectivity index (χ0n) is 9.88. The Kier molecular flexibility index (Phi) is 3.50. The Morgan fingerprint density at radius 2 is 2.00 bits per heavy atom. The summed E-state index contributed by atoms with van der Waals surface area (Å²) in [5.74, 6) is 0. The molecule has 0 aliphatic carbocycles. The number of rotatable bonds is 3. The van der Waals surface area contributed by atoms with Gasteiger partial charge in [-0.3, -0.25) is 4.40 Å². The molecule has 19 heavy (non-hydrogen) atoms. The molecule has 0 fully saturated rings. The summed E-state index contributed by atoms with van der Waals surface area (Å²) in [5, 5.41) is 3.20. The van der Waals surface area contributed by atoms with Crippen LogP contribution in [0.2, 0.25) is 10.0 Å². The van der Waals surface area contributed by atoms with Crippen molar-refractivity contribution in [3.63, 3.8) is 0 Å². The van der Waals surface area contributed by atoms with Gasteiger partial charge in [0.05, 0.1) is 5.69 Å². The number of thiazole rings is 1. The van der Waals surface area contributed by atoms with Gasteiger partial charge < -0.3 is 5.73 Å². The highest BCUT2D eigenvalue weighted by Crippen LogP contribution is 2.24. The quantitative estimate of drug-likeness (QED) is 0.796. The van der Waals surface area contributed by atoms with Gasteiger partial charge in [-0.1, -0.05) is 23.2 Å². The Morgan fingerprint density at radius 1 is 1.26 bits per heavy atom. The van der Waals surface area contributed by atoms with Crippen molar-refractivity contribution in [2.24, 2.45) is 5.73 Å². The van der Waals surface area contributed by atoms with Crippen LogP contribution in [-0.2, 0) is 6.42 Å². The highest BCUT2D eigenvalue weighted by atomic mass is 35.5. The summed E-state index contributed by atoms with van der Waals surface area (Å²) in [6, 6.07) is 5.22. The molecule has 1 aromatic carbocycles. The summed E-state index contributed by atoms with van der Waals surface area (Å²) in [4.78, 5) is 5.50. The molecule has 0 bridgehead atoms. The minimum atomic E-state index is -0.166. The summed E-state index contributed by atoms with van der Waals surface area (Å²) in [7, 11) is 0. The molecule has 3 aromatic rings. The maximum Gasteiger partial charge on any atom is 0.193 e. The minimum absolute atomic E-state index is 0.166. The molecule has 0 aliphatic heterocycles. The molecule has 0 spiro atoms. The largest absolute Gasteiger partial charge is 0.324 e. The third-order valence-electron chi connectivity index (χ3n) is 2.89. The number of fused-ring (bicyclic) bond motifs is 1. The Balaban J connectivity index is 1.84. The van der Waals surface area contributed by atoms with Crippen LogP contribution < -0.4 is 5.73 Å². The lowest BCUT2D eigenvalue weighted by atomic mass is 10.0. The first-order chi connectivity index (χ1) is 9.11. The van der Waals surface area contributed by atoms with E-state index in [1.165, 1.54) is 0 Å². The highest BCUT2D eigenvalue weighted by molar-refractivity contribution is 7.15. The minimum Gasteiger partial charge on any atom is -0.324 e. The van der Waals surface area contributed by atoms with Crippen LogP contribution in [0.25, 0.3) is 4.96 Å². The number of halogens is 2. The van der Waals surface area contributed by atoms with E-state index in [2.05, 4.69) is 4.98 Å². The maximum absolute atomic E-state index is 6.19. The van der Waals surface area contributed by atoms with Gasteiger partial charge >= 0.3 is 0 Å². The average Bonchev–Trinajstić information content (AvgIpc) is 2.88. The average molecular weight is 312 g/mol. The molecule has 2 aromatic heterocycles. The molecular formula is C13H11Cl2N3S. The molecule has 0 saturated heterocycles. The third-order valence-corrected chi connectivity index (χ3v) is 4.09. The van der Waals surface area contributed by atoms with Gasteiger partial charge in [0.25, 0.3) is 0 Å². The summed E-state index contributed by atoms with van der Waals surface area (Å²) >= 11 is 13.6. The van der Waals surface area contributed by atoms with Crippen LogP contribution in [-0.4, -0.2) is 9.38 Å². The van der Waals surface area contributed by atoms with Crippen molar-refractivity contribution in [1.82, 2.24) is 9.38 Å². The maximum atomic E-state index is 6.19. The van der Waals surface area contributed by atoms with Crippen LogP contribution in [0.5, 0.6) is 0 Å². The van der Waals surface area contributed by atoms with Gasteiger partial charge in [-0.05, 0) is 23.8 Å². The van der Waals surface area contributed by atoms with Crippen LogP contribution in [0.4, 0.5) is 0 Å². The van der Waals surface area contributed by atoms with Gasteiger partial charge in [-0.25, -0.2) is 4.98 Å². The first-order valence-corrected chi connectivity index (χ1v) is 7.38. The van der Waals surface area contributed by atoms with Crippen molar-refractivity contribution in [2.75, 3.05) is 0 Å². The molecule has 98 valence electrons. The fraction of sp³-hybridized carbons (Fsp3) is 0.154. The molecule has 3 nitrogen and oxygen atoms in total. The molecule has 1 atom stereocenters.